The minimum atomic E-state index is 0.204. The molecule has 1 rings (SSSR count). The molecule has 0 saturated heterocycles. The number of carbonyl (C=O) groups is 1. The van der Waals surface area contributed by atoms with Gasteiger partial charge in [0.2, 0.25) is 0 Å². The Kier molecular flexibility index (Phi) is 3.87. The van der Waals surface area contributed by atoms with Crippen molar-refractivity contribution in [3.05, 3.63) is 35.4 Å². The summed E-state index contributed by atoms with van der Waals surface area (Å²) in [7, 11) is 0. The van der Waals surface area contributed by atoms with Crippen LogP contribution in [0, 0.1) is 11.3 Å². The molecule has 0 N–H and O–H groups in total. The lowest BCUT2D eigenvalue weighted by Gasteiger charge is -2.01. The molecule has 0 aromatic heterocycles. The quantitative estimate of drug-likeness (QED) is 0.726. The smallest absolute Gasteiger partial charge is 0.137 e. The van der Waals surface area contributed by atoms with Gasteiger partial charge in [-0.2, -0.15) is 5.26 Å². The number of hydrogen-bond donors (Lipinski definition) is 0. The van der Waals surface area contributed by atoms with E-state index < -0.39 is 0 Å². The van der Waals surface area contributed by atoms with Crippen LogP contribution in [0.2, 0.25) is 0 Å². The molecule has 0 aliphatic rings. The Morgan fingerprint density at radius 1 is 1.43 bits per heavy atom. The van der Waals surface area contributed by atoms with Gasteiger partial charge in [-0.3, -0.25) is 4.79 Å². The SMILES string of the molecule is CCCC(=O)Cc1ccccc1C#N. The molecule has 0 spiro atoms. The van der Waals surface area contributed by atoms with E-state index in [9.17, 15) is 4.79 Å². The van der Waals surface area contributed by atoms with Crippen LogP contribution in [0.3, 0.4) is 0 Å². The first-order valence-corrected chi connectivity index (χ1v) is 4.77. The molecule has 0 amide bonds. The van der Waals surface area contributed by atoms with Crippen LogP contribution in [-0.4, -0.2) is 5.78 Å². The number of benzene rings is 1. The molecule has 2 nitrogen and oxygen atoms in total. The molecule has 2 heteroatoms. The molecule has 72 valence electrons. The summed E-state index contributed by atoms with van der Waals surface area (Å²) in [6.07, 6.45) is 1.85. The van der Waals surface area contributed by atoms with Crippen molar-refractivity contribution < 1.29 is 4.79 Å². The summed E-state index contributed by atoms with van der Waals surface area (Å²) < 4.78 is 0. The number of rotatable bonds is 4. The molecule has 0 radical (unpaired) electrons. The molecule has 1 aromatic rings. The van der Waals surface area contributed by atoms with E-state index in [1.165, 1.54) is 0 Å². The molecule has 0 fully saturated rings. The van der Waals surface area contributed by atoms with Crippen molar-refractivity contribution in [2.45, 2.75) is 26.2 Å². The summed E-state index contributed by atoms with van der Waals surface area (Å²) in [5.74, 6) is 0.204. The highest BCUT2D eigenvalue weighted by atomic mass is 16.1. The molecule has 0 aliphatic carbocycles. The van der Waals surface area contributed by atoms with E-state index in [1.807, 2.05) is 25.1 Å². The molecule has 1 aromatic carbocycles. The highest BCUT2D eigenvalue weighted by molar-refractivity contribution is 5.81. The average Bonchev–Trinajstić information content (AvgIpc) is 2.19. The second kappa shape index (κ2) is 5.18. The topological polar surface area (TPSA) is 40.9 Å². The van der Waals surface area contributed by atoms with Crippen molar-refractivity contribution in [2.24, 2.45) is 0 Å². The lowest BCUT2D eigenvalue weighted by Crippen LogP contribution is -2.03. The van der Waals surface area contributed by atoms with Crippen molar-refractivity contribution >= 4 is 5.78 Å². The van der Waals surface area contributed by atoms with Crippen LogP contribution in [0.4, 0.5) is 0 Å². The average molecular weight is 187 g/mol. The van der Waals surface area contributed by atoms with Crippen LogP contribution in [0.25, 0.3) is 0 Å². The summed E-state index contributed by atoms with van der Waals surface area (Å²) in [5, 5.41) is 8.80. The summed E-state index contributed by atoms with van der Waals surface area (Å²) in [5.41, 5.74) is 1.45. The maximum absolute atomic E-state index is 11.4. The van der Waals surface area contributed by atoms with E-state index in [1.54, 1.807) is 6.07 Å². The zero-order valence-electron chi connectivity index (χ0n) is 8.29. The van der Waals surface area contributed by atoms with E-state index in [2.05, 4.69) is 6.07 Å². The Hall–Kier alpha value is -1.62. The third kappa shape index (κ3) is 2.70. The van der Waals surface area contributed by atoms with Gasteiger partial charge in [-0.25, -0.2) is 0 Å². The van der Waals surface area contributed by atoms with Crippen molar-refractivity contribution in [3.63, 3.8) is 0 Å². The predicted molar refractivity (Wildman–Crippen MR) is 54.8 cm³/mol. The van der Waals surface area contributed by atoms with Gasteiger partial charge in [0.1, 0.15) is 5.78 Å². The number of carbonyl (C=O) groups excluding carboxylic acids is 1. The first-order chi connectivity index (χ1) is 6.77. The number of ketones is 1. The molecule has 0 aliphatic heterocycles. The van der Waals surface area contributed by atoms with E-state index in [0.717, 1.165) is 12.0 Å². The van der Waals surface area contributed by atoms with Crippen molar-refractivity contribution in [1.82, 2.24) is 0 Å². The number of hydrogen-bond acceptors (Lipinski definition) is 2. The van der Waals surface area contributed by atoms with Crippen LogP contribution in [0.15, 0.2) is 24.3 Å². The van der Waals surface area contributed by atoms with Gasteiger partial charge in [0.15, 0.2) is 0 Å². The molecule has 0 unspecified atom stereocenters. The van der Waals surface area contributed by atoms with Crippen LogP contribution in [0.1, 0.15) is 30.9 Å². The number of nitriles is 1. The normalized spacial score (nSPS) is 9.43. The Labute approximate surface area is 84.2 Å². The van der Waals surface area contributed by atoms with Crippen molar-refractivity contribution in [2.75, 3.05) is 0 Å². The number of nitrogens with zero attached hydrogens (tertiary/aromatic N) is 1. The van der Waals surface area contributed by atoms with E-state index in [0.29, 0.717) is 18.4 Å². The summed E-state index contributed by atoms with van der Waals surface area (Å²) in [6.45, 7) is 1.98. The molecule has 14 heavy (non-hydrogen) atoms. The van der Waals surface area contributed by atoms with Gasteiger partial charge in [0.25, 0.3) is 0 Å². The minimum Gasteiger partial charge on any atom is -0.299 e. The highest BCUT2D eigenvalue weighted by Crippen LogP contribution is 2.09. The molecule has 0 atom stereocenters. The summed E-state index contributed by atoms with van der Waals surface area (Å²) in [4.78, 5) is 11.4. The Bertz CT molecular complexity index is 363. The second-order valence-electron chi connectivity index (χ2n) is 3.23. The molecule has 0 heterocycles. The number of Topliss-reactive ketones (excluding diaryl/α,β-unsaturated/α-hetero) is 1. The van der Waals surface area contributed by atoms with E-state index in [-0.39, 0.29) is 5.78 Å². The van der Waals surface area contributed by atoms with Crippen LogP contribution in [0.5, 0.6) is 0 Å². The predicted octanol–water partition coefficient (Wildman–Crippen LogP) is 2.47. The molecular formula is C12H13NO. The Morgan fingerprint density at radius 3 is 2.79 bits per heavy atom. The minimum absolute atomic E-state index is 0.204. The van der Waals surface area contributed by atoms with Gasteiger partial charge < -0.3 is 0 Å². The fourth-order valence-electron chi connectivity index (χ4n) is 1.36. The lowest BCUT2D eigenvalue weighted by atomic mass is 10.0. The summed E-state index contributed by atoms with van der Waals surface area (Å²) in [6, 6.07) is 9.34. The van der Waals surface area contributed by atoms with Crippen molar-refractivity contribution in [3.8, 4) is 6.07 Å². The Balaban J connectivity index is 2.77. The second-order valence-corrected chi connectivity index (χ2v) is 3.23. The third-order valence-electron chi connectivity index (χ3n) is 2.05. The van der Waals surface area contributed by atoms with E-state index in [4.69, 9.17) is 5.26 Å². The monoisotopic (exact) mass is 187 g/mol. The van der Waals surface area contributed by atoms with Gasteiger partial charge in [0, 0.05) is 12.8 Å². The van der Waals surface area contributed by atoms with E-state index >= 15 is 0 Å². The van der Waals surface area contributed by atoms with Crippen LogP contribution < -0.4 is 0 Å². The van der Waals surface area contributed by atoms with Gasteiger partial charge >= 0.3 is 0 Å². The standard InChI is InChI=1S/C12H13NO/c1-2-5-12(14)8-10-6-3-4-7-11(10)9-13/h3-4,6-7H,2,5,8H2,1H3. The molecular weight excluding hydrogens is 174 g/mol. The zero-order chi connectivity index (χ0) is 10.4. The zero-order valence-corrected chi connectivity index (χ0v) is 8.29. The first kappa shape index (κ1) is 10.5. The lowest BCUT2D eigenvalue weighted by molar-refractivity contribution is -0.118. The van der Waals surface area contributed by atoms with Gasteiger partial charge in [-0.05, 0) is 18.1 Å². The highest BCUT2D eigenvalue weighted by Gasteiger charge is 2.05. The fourth-order valence-corrected chi connectivity index (χ4v) is 1.36. The maximum Gasteiger partial charge on any atom is 0.137 e. The van der Waals surface area contributed by atoms with Crippen LogP contribution in [-0.2, 0) is 11.2 Å². The largest absolute Gasteiger partial charge is 0.299 e. The summed E-state index contributed by atoms with van der Waals surface area (Å²) >= 11 is 0. The Morgan fingerprint density at radius 2 is 2.14 bits per heavy atom. The fraction of sp³-hybridized carbons (Fsp3) is 0.333. The van der Waals surface area contributed by atoms with Crippen LogP contribution >= 0.6 is 0 Å². The van der Waals surface area contributed by atoms with Gasteiger partial charge in [-0.1, -0.05) is 25.1 Å². The molecule has 0 bridgehead atoms. The molecule has 0 saturated carbocycles. The van der Waals surface area contributed by atoms with Gasteiger partial charge in [-0.15, -0.1) is 0 Å². The van der Waals surface area contributed by atoms with Crippen molar-refractivity contribution in [1.29, 1.82) is 5.26 Å². The first-order valence-electron chi connectivity index (χ1n) is 4.77. The van der Waals surface area contributed by atoms with Gasteiger partial charge in [0.05, 0.1) is 11.6 Å². The third-order valence-corrected chi connectivity index (χ3v) is 2.05. The maximum atomic E-state index is 11.4.